The van der Waals surface area contributed by atoms with E-state index >= 15 is 0 Å². The van der Waals surface area contributed by atoms with Gasteiger partial charge in [-0.3, -0.25) is 9.78 Å². The molecule has 0 aliphatic rings. The zero-order valence-electron chi connectivity index (χ0n) is 10.3. The average molecular weight is 260 g/mol. The Hall–Kier alpha value is -2.63. The molecule has 0 aliphatic carbocycles. The molecule has 1 aromatic carbocycles. The Bertz CT molecular complexity index is 625. The monoisotopic (exact) mass is 260 g/mol. The van der Waals surface area contributed by atoms with Crippen LogP contribution in [0.5, 0.6) is 0 Å². The fourth-order valence-electron chi connectivity index (χ4n) is 1.60. The van der Waals surface area contributed by atoms with Crippen LogP contribution in [0.1, 0.15) is 16.1 Å². The number of carbonyl (C=O) groups excluding carboxylic acids is 1. The fraction of sp³-hybridized carbons (Fsp3) is 0.0769. The molecule has 98 valence electrons. The van der Waals surface area contributed by atoms with Crippen LogP contribution in [0, 0.1) is 12.7 Å². The second-order valence-electron chi connectivity index (χ2n) is 4.10. The number of pyridine rings is 1. The zero-order valence-corrected chi connectivity index (χ0v) is 10.3. The van der Waals surface area contributed by atoms with Crippen LogP contribution in [0.2, 0.25) is 0 Å². The van der Waals surface area contributed by atoms with Crippen LogP contribution >= 0.6 is 0 Å². The van der Waals surface area contributed by atoms with Crippen LogP contribution in [-0.4, -0.2) is 10.9 Å². The molecule has 2 rings (SSSR count). The number of primary amides is 1. The predicted octanol–water partition coefficient (Wildman–Crippen LogP) is 1.95. The summed E-state index contributed by atoms with van der Waals surface area (Å²) in [5.74, 6) is -1.27. The highest BCUT2D eigenvalue weighted by Crippen LogP contribution is 2.24. The molecule has 1 aromatic heterocycles. The maximum atomic E-state index is 13.7. The van der Waals surface area contributed by atoms with Crippen molar-refractivity contribution in [2.45, 2.75) is 6.92 Å². The highest BCUT2D eigenvalue weighted by atomic mass is 19.1. The Morgan fingerprint density at radius 3 is 2.68 bits per heavy atom. The highest BCUT2D eigenvalue weighted by molar-refractivity contribution is 5.99. The van der Waals surface area contributed by atoms with E-state index in [1.807, 2.05) is 6.92 Å². The van der Waals surface area contributed by atoms with Gasteiger partial charge in [-0.1, -0.05) is 0 Å². The molecule has 6 heteroatoms. The number of hydrogen-bond acceptors (Lipinski definition) is 4. The molecular formula is C13H13FN4O. The average Bonchev–Trinajstić information content (AvgIpc) is 2.34. The van der Waals surface area contributed by atoms with Gasteiger partial charge in [0.05, 0.1) is 23.1 Å². The first-order valence-corrected chi connectivity index (χ1v) is 5.56. The quantitative estimate of drug-likeness (QED) is 0.735. The Morgan fingerprint density at radius 2 is 2.11 bits per heavy atom. The molecule has 1 amide bonds. The van der Waals surface area contributed by atoms with E-state index in [4.69, 9.17) is 11.5 Å². The number of benzene rings is 1. The third-order valence-corrected chi connectivity index (χ3v) is 2.60. The Kier molecular flexibility index (Phi) is 3.33. The summed E-state index contributed by atoms with van der Waals surface area (Å²) in [4.78, 5) is 15.2. The van der Waals surface area contributed by atoms with Crippen molar-refractivity contribution in [1.82, 2.24) is 4.98 Å². The second-order valence-corrected chi connectivity index (χ2v) is 4.10. The van der Waals surface area contributed by atoms with Gasteiger partial charge >= 0.3 is 0 Å². The van der Waals surface area contributed by atoms with Gasteiger partial charge in [0.2, 0.25) is 0 Å². The van der Waals surface area contributed by atoms with E-state index in [0.717, 1.165) is 11.8 Å². The number of carbonyl (C=O) groups is 1. The van der Waals surface area contributed by atoms with Crippen LogP contribution in [0.15, 0.2) is 30.5 Å². The van der Waals surface area contributed by atoms with Crippen molar-refractivity contribution in [3.8, 4) is 0 Å². The van der Waals surface area contributed by atoms with Crippen molar-refractivity contribution >= 4 is 23.0 Å². The lowest BCUT2D eigenvalue weighted by molar-refractivity contribution is 0.100. The number of aromatic nitrogens is 1. The van der Waals surface area contributed by atoms with Gasteiger partial charge in [0, 0.05) is 11.4 Å². The van der Waals surface area contributed by atoms with E-state index in [1.54, 1.807) is 18.3 Å². The summed E-state index contributed by atoms with van der Waals surface area (Å²) in [7, 11) is 0. The lowest BCUT2D eigenvalue weighted by atomic mass is 10.1. The van der Waals surface area contributed by atoms with E-state index in [0.29, 0.717) is 5.69 Å². The summed E-state index contributed by atoms with van der Waals surface area (Å²) in [6, 6.07) is 5.88. The summed E-state index contributed by atoms with van der Waals surface area (Å²) in [6.45, 7) is 1.85. The van der Waals surface area contributed by atoms with Gasteiger partial charge in [0.1, 0.15) is 5.82 Å². The Balaban J connectivity index is 2.37. The van der Waals surface area contributed by atoms with Gasteiger partial charge in [-0.2, -0.15) is 0 Å². The molecule has 5 nitrogen and oxygen atoms in total. The number of nitrogens with two attached hydrogens (primary N) is 2. The molecule has 5 N–H and O–H groups in total. The molecule has 1 heterocycles. The minimum absolute atomic E-state index is 0.0116. The molecule has 0 radical (unpaired) electrons. The SMILES string of the molecule is Cc1ccc(Nc2cc(C(N)=O)c(N)cc2F)cn1. The number of aryl methyl sites for hydroxylation is 1. The third-order valence-electron chi connectivity index (χ3n) is 2.60. The number of halogens is 1. The van der Waals surface area contributed by atoms with Gasteiger partial charge in [-0.25, -0.2) is 4.39 Å². The minimum atomic E-state index is -0.706. The molecule has 0 aliphatic heterocycles. The summed E-state index contributed by atoms with van der Waals surface area (Å²) >= 11 is 0. The Morgan fingerprint density at radius 1 is 1.37 bits per heavy atom. The molecule has 0 bridgehead atoms. The van der Waals surface area contributed by atoms with E-state index in [9.17, 15) is 9.18 Å². The molecule has 0 saturated heterocycles. The van der Waals surface area contributed by atoms with Crippen molar-refractivity contribution in [1.29, 1.82) is 0 Å². The van der Waals surface area contributed by atoms with Gasteiger partial charge < -0.3 is 16.8 Å². The largest absolute Gasteiger partial charge is 0.398 e. The Labute approximate surface area is 109 Å². The smallest absolute Gasteiger partial charge is 0.250 e. The van der Waals surface area contributed by atoms with Gasteiger partial charge in [-0.15, -0.1) is 0 Å². The number of rotatable bonds is 3. The molecule has 2 aromatic rings. The number of nitrogen functional groups attached to an aromatic ring is 1. The van der Waals surface area contributed by atoms with E-state index in [2.05, 4.69) is 10.3 Å². The predicted molar refractivity (Wildman–Crippen MR) is 71.6 cm³/mol. The highest BCUT2D eigenvalue weighted by Gasteiger charge is 2.12. The van der Waals surface area contributed by atoms with Gasteiger partial charge in [-0.05, 0) is 31.2 Å². The van der Waals surface area contributed by atoms with Crippen molar-refractivity contribution < 1.29 is 9.18 Å². The lowest BCUT2D eigenvalue weighted by Crippen LogP contribution is -2.14. The third kappa shape index (κ3) is 2.79. The lowest BCUT2D eigenvalue weighted by Gasteiger charge is -2.10. The second kappa shape index (κ2) is 4.93. The first-order valence-electron chi connectivity index (χ1n) is 5.56. The molecular weight excluding hydrogens is 247 g/mol. The minimum Gasteiger partial charge on any atom is -0.398 e. The standard InChI is InChI=1S/C13H13FN4O/c1-7-2-3-8(6-17-7)18-12-4-9(13(16)19)11(15)5-10(12)14/h2-6,18H,15H2,1H3,(H2,16,19). The number of nitrogens with zero attached hydrogens (tertiary/aromatic N) is 1. The maximum Gasteiger partial charge on any atom is 0.250 e. The maximum absolute atomic E-state index is 13.7. The first-order chi connectivity index (χ1) is 8.97. The van der Waals surface area contributed by atoms with Crippen molar-refractivity contribution in [3.05, 3.63) is 47.5 Å². The molecule has 0 fully saturated rings. The van der Waals surface area contributed by atoms with E-state index in [1.165, 1.54) is 6.07 Å². The summed E-state index contributed by atoms with van der Waals surface area (Å²) in [5, 5.41) is 2.82. The molecule has 0 unspecified atom stereocenters. The topological polar surface area (TPSA) is 94.0 Å². The van der Waals surface area contributed by atoms with Gasteiger partial charge in [0.25, 0.3) is 5.91 Å². The molecule has 0 spiro atoms. The van der Waals surface area contributed by atoms with E-state index < -0.39 is 11.7 Å². The summed E-state index contributed by atoms with van der Waals surface area (Å²) in [5.41, 5.74) is 12.3. The fourth-order valence-corrected chi connectivity index (χ4v) is 1.60. The van der Waals surface area contributed by atoms with Crippen LogP contribution in [-0.2, 0) is 0 Å². The number of amides is 1. The molecule has 19 heavy (non-hydrogen) atoms. The van der Waals surface area contributed by atoms with Gasteiger partial charge in [0.15, 0.2) is 0 Å². The number of nitrogens with one attached hydrogen (secondary N) is 1. The van der Waals surface area contributed by atoms with Crippen LogP contribution in [0.25, 0.3) is 0 Å². The number of anilines is 3. The number of hydrogen-bond donors (Lipinski definition) is 3. The van der Waals surface area contributed by atoms with Crippen molar-refractivity contribution in [2.24, 2.45) is 5.73 Å². The molecule has 0 saturated carbocycles. The summed E-state index contributed by atoms with van der Waals surface area (Å²) in [6.07, 6.45) is 1.56. The first kappa shape index (κ1) is 12.8. The van der Waals surface area contributed by atoms with Crippen molar-refractivity contribution in [3.63, 3.8) is 0 Å². The van der Waals surface area contributed by atoms with Crippen molar-refractivity contribution in [2.75, 3.05) is 11.1 Å². The summed E-state index contributed by atoms with van der Waals surface area (Å²) < 4.78 is 13.7. The van der Waals surface area contributed by atoms with E-state index in [-0.39, 0.29) is 16.9 Å². The van der Waals surface area contributed by atoms with Crippen LogP contribution in [0.3, 0.4) is 0 Å². The van der Waals surface area contributed by atoms with Crippen LogP contribution < -0.4 is 16.8 Å². The van der Waals surface area contributed by atoms with Crippen LogP contribution in [0.4, 0.5) is 21.5 Å². The molecule has 0 atom stereocenters. The normalized spacial score (nSPS) is 10.2. The zero-order chi connectivity index (χ0) is 14.0.